The van der Waals surface area contributed by atoms with E-state index in [1.807, 2.05) is 18.2 Å². The number of hydrogen-bond donors (Lipinski definition) is 0. The quantitative estimate of drug-likeness (QED) is 0.222. The Hall–Kier alpha value is -4.82. The molecule has 2 nitrogen and oxygen atoms in total. The monoisotopic (exact) mass is 498 g/mol. The molecule has 0 unspecified atom stereocenters. The summed E-state index contributed by atoms with van der Waals surface area (Å²) in [6.07, 6.45) is 1.67. The van der Waals surface area contributed by atoms with Gasteiger partial charge in [0.2, 0.25) is 0 Å². The van der Waals surface area contributed by atoms with Gasteiger partial charge < -0.3 is 0 Å². The fourth-order valence-corrected chi connectivity index (χ4v) is 6.76. The molecule has 39 heavy (non-hydrogen) atoms. The van der Waals surface area contributed by atoms with Gasteiger partial charge in [-0.05, 0) is 66.7 Å². The van der Waals surface area contributed by atoms with Gasteiger partial charge in [0.15, 0.2) is 0 Å². The van der Waals surface area contributed by atoms with E-state index in [-0.39, 0.29) is 5.41 Å². The zero-order chi connectivity index (χ0) is 26.1. The molecule has 1 aliphatic rings. The second-order valence-electron chi connectivity index (χ2n) is 11.0. The van der Waals surface area contributed by atoms with Crippen LogP contribution in [0.2, 0.25) is 0 Å². The number of benzene rings is 6. The summed E-state index contributed by atoms with van der Waals surface area (Å²) in [5.74, 6) is 0. The molecule has 184 valence electrons. The molecule has 0 saturated heterocycles. The fourth-order valence-electron chi connectivity index (χ4n) is 6.76. The summed E-state index contributed by atoms with van der Waals surface area (Å²) in [5.41, 5.74) is 9.54. The molecule has 0 amide bonds. The molecule has 0 fully saturated rings. The summed E-state index contributed by atoms with van der Waals surface area (Å²) in [4.78, 5) is 9.20. The molecule has 8 rings (SSSR count). The van der Waals surface area contributed by atoms with Crippen LogP contribution in [-0.2, 0) is 5.41 Å². The van der Waals surface area contributed by atoms with E-state index in [1.165, 1.54) is 54.6 Å². The van der Waals surface area contributed by atoms with Gasteiger partial charge in [-0.15, -0.1) is 0 Å². The largest absolute Gasteiger partial charge is 0.236 e. The molecule has 0 N–H and O–H groups in total. The number of fused-ring (bicyclic) bond motifs is 10. The Morgan fingerprint density at radius 3 is 1.97 bits per heavy atom. The highest BCUT2D eigenvalue weighted by Crippen LogP contribution is 2.53. The van der Waals surface area contributed by atoms with Crippen LogP contribution in [0.4, 0.5) is 0 Å². The van der Waals surface area contributed by atoms with Crippen LogP contribution < -0.4 is 0 Å². The van der Waals surface area contributed by atoms with Crippen LogP contribution in [0.25, 0.3) is 66.0 Å². The SMILES string of the molecule is CC1(C)c2ccccc2-c2ccc3c4ccc(-c5cc(-c6ccccc6)ncn5)cc4c4ccccc4c3c21. The summed E-state index contributed by atoms with van der Waals surface area (Å²) in [5, 5.41) is 7.80. The lowest BCUT2D eigenvalue weighted by atomic mass is 9.78. The summed E-state index contributed by atoms with van der Waals surface area (Å²) >= 11 is 0. The molecule has 0 bridgehead atoms. The Bertz CT molecular complexity index is 2070. The molecule has 0 radical (unpaired) electrons. The van der Waals surface area contributed by atoms with Crippen LogP contribution in [0.5, 0.6) is 0 Å². The summed E-state index contributed by atoms with van der Waals surface area (Å²) in [6.45, 7) is 4.75. The van der Waals surface area contributed by atoms with Gasteiger partial charge in [-0.2, -0.15) is 0 Å². The third kappa shape index (κ3) is 3.15. The molecule has 0 saturated carbocycles. The first-order chi connectivity index (χ1) is 19.1. The molecule has 0 spiro atoms. The summed E-state index contributed by atoms with van der Waals surface area (Å²) in [7, 11) is 0. The van der Waals surface area contributed by atoms with Crippen molar-refractivity contribution < 1.29 is 0 Å². The maximum atomic E-state index is 4.66. The fraction of sp³-hybridized carbons (Fsp3) is 0.0811. The van der Waals surface area contributed by atoms with E-state index in [9.17, 15) is 0 Å². The maximum absolute atomic E-state index is 4.66. The van der Waals surface area contributed by atoms with Crippen molar-refractivity contribution in [3.05, 3.63) is 133 Å². The van der Waals surface area contributed by atoms with Crippen LogP contribution >= 0.6 is 0 Å². The van der Waals surface area contributed by atoms with E-state index in [4.69, 9.17) is 0 Å². The van der Waals surface area contributed by atoms with Gasteiger partial charge in [0.05, 0.1) is 11.4 Å². The zero-order valence-corrected chi connectivity index (χ0v) is 21.9. The van der Waals surface area contributed by atoms with Gasteiger partial charge in [-0.3, -0.25) is 0 Å². The molecule has 7 aromatic rings. The predicted octanol–water partition coefficient (Wildman–Crippen LogP) is 9.58. The molecular formula is C37H26N2. The molecule has 1 aromatic heterocycles. The third-order valence-corrected chi connectivity index (χ3v) is 8.55. The minimum atomic E-state index is -0.0728. The van der Waals surface area contributed by atoms with Crippen LogP contribution in [-0.4, -0.2) is 9.97 Å². The standard InChI is InChI=1S/C37H26N2/c1-37(2)32-15-9-8-13-27(32)30-19-18-29-26-17-16-24(34-21-33(38-22-39-34)23-10-4-3-5-11-23)20-31(26)25-12-6-7-14-28(25)35(29)36(30)37/h3-22H,1-2H3. The van der Waals surface area contributed by atoms with E-state index < -0.39 is 0 Å². The van der Waals surface area contributed by atoms with E-state index in [0.717, 1.165) is 22.5 Å². The van der Waals surface area contributed by atoms with E-state index in [1.54, 1.807) is 6.33 Å². The van der Waals surface area contributed by atoms with Gasteiger partial charge in [0, 0.05) is 16.5 Å². The van der Waals surface area contributed by atoms with Gasteiger partial charge >= 0.3 is 0 Å². The van der Waals surface area contributed by atoms with Crippen molar-refractivity contribution in [1.29, 1.82) is 0 Å². The van der Waals surface area contributed by atoms with E-state index >= 15 is 0 Å². The van der Waals surface area contributed by atoms with Crippen LogP contribution in [0.3, 0.4) is 0 Å². The number of rotatable bonds is 2. The van der Waals surface area contributed by atoms with Crippen molar-refractivity contribution in [1.82, 2.24) is 9.97 Å². The highest BCUT2D eigenvalue weighted by atomic mass is 14.8. The van der Waals surface area contributed by atoms with Gasteiger partial charge in [0.25, 0.3) is 0 Å². The Kier molecular flexibility index (Phi) is 4.60. The van der Waals surface area contributed by atoms with Gasteiger partial charge in [-0.1, -0.05) is 117 Å². The van der Waals surface area contributed by atoms with Crippen molar-refractivity contribution in [3.63, 3.8) is 0 Å². The van der Waals surface area contributed by atoms with Crippen molar-refractivity contribution in [2.45, 2.75) is 19.3 Å². The number of nitrogens with zero attached hydrogens (tertiary/aromatic N) is 2. The minimum absolute atomic E-state index is 0.0728. The minimum Gasteiger partial charge on any atom is -0.236 e. The Morgan fingerprint density at radius 2 is 1.13 bits per heavy atom. The van der Waals surface area contributed by atoms with Gasteiger partial charge in [-0.25, -0.2) is 9.97 Å². The van der Waals surface area contributed by atoms with E-state index in [0.29, 0.717) is 0 Å². The normalized spacial score (nSPS) is 13.6. The number of aromatic nitrogens is 2. The zero-order valence-electron chi connectivity index (χ0n) is 21.9. The third-order valence-electron chi connectivity index (χ3n) is 8.55. The second kappa shape index (κ2) is 8.09. The Morgan fingerprint density at radius 1 is 0.487 bits per heavy atom. The lowest BCUT2D eigenvalue weighted by Gasteiger charge is -2.24. The summed E-state index contributed by atoms with van der Waals surface area (Å²) < 4.78 is 0. The van der Waals surface area contributed by atoms with Crippen LogP contribution in [0.15, 0.2) is 122 Å². The second-order valence-corrected chi connectivity index (χ2v) is 11.0. The lowest BCUT2D eigenvalue weighted by Crippen LogP contribution is -2.15. The smallest absolute Gasteiger partial charge is 0.116 e. The van der Waals surface area contributed by atoms with Crippen LogP contribution in [0, 0.1) is 0 Å². The molecule has 1 aliphatic carbocycles. The predicted molar refractivity (Wildman–Crippen MR) is 163 cm³/mol. The van der Waals surface area contributed by atoms with Crippen molar-refractivity contribution >= 4 is 32.3 Å². The molecule has 6 aromatic carbocycles. The van der Waals surface area contributed by atoms with Crippen molar-refractivity contribution in [3.8, 4) is 33.6 Å². The first kappa shape index (κ1) is 22.2. The first-order valence-corrected chi connectivity index (χ1v) is 13.5. The average Bonchev–Trinajstić information content (AvgIpc) is 3.24. The molecule has 1 heterocycles. The average molecular weight is 499 g/mol. The van der Waals surface area contributed by atoms with Crippen LogP contribution in [0.1, 0.15) is 25.0 Å². The topological polar surface area (TPSA) is 25.8 Å². The maximum Gasteiger partial charge on any atom is 0.116 e. The van der Waals surface area contributed by atoms with Crippen molar-refractivity contribution in [2.24, 2.45) is 0 Å². The molecular weight excluding hydrogens is 472 g/mol. The Labute approximate surface area is 227 Å². The number of hydrogen-bond acceptors (Lipinski definition) is 2. The highest BCUT2D eigenvalue weighted by Gasteiger charge is 2.37. The van der Waals surface area contributed by atoms with Crippen molar-refractivity contribution in [2.75, 3.05) is 0 Å². The lowest BCUT2D eigenvalue weighted by molar-refractivity contribution is 0.666. The first-order valence-electron chi connectivity index (χ1n) is 13.5. The van der Waals surface area contributed by atoms with Gasteiger partial charge in [0.1, 0.15) is 6.33 Å². The molecule has 0 aliphatic heterocycles. The summed E-state index contributed by atoms with van der Waals surface area (Å²) in [6, 6.07) is 41.6. The molecule has 2 heteroatoms. The van der Waals surface area contributed by atoms with E-state index in [2.05, 4.69) is 121 Å². The Balaban J connectivity index is 1.41. The highest BCUT2D eigenvalue weighted by molar-refractivity contribution is 6.27. The molecule has 0 atom stereocenters.